The molecule has 1 amide bonds. The summed E-state index contributed by atoms with van der Waals surface area (Å²) >= 11 is 1.53. The van der Waals surface area contributed by atoms with Crippen LogP contribution in [0.15, 0.2) is 24.5 Å². The minimum atomic E-state index is -0.0436. The maximum Gasteiger partial charge on any atom is 0.230 e. The zero-order chi connectivity index (χ0) is 10.9. The molecule has 5 heteroatoms. The molecule has 1 aromatic heterocycles. The van der Waals surface area contributed by atoms with E-state index in [1.807, 2.05) is 12.1 Å². The average Bonchev–Trinajstić information content (AvgIpc) is 2.28. The van der Waals surface area contributed by atoms with Crippen LogP contribution >= 0.6 is 11.8 Å². The summed E-state index contributed by atoms with van der Waals surface area (Å²) < 4.78 is 0. The van der Waals surface area contributed by atoms with Gasteiger partial charge < -0.3 is 10.4 Å². The van der Waals surface area contributed by atoms with Crippen molar-refractivity contribution in [1.82, 2.24) is 10.3 Å². The Kier molecular flexibility index (Phi) is 5.80. The molecule has 2 N–H and O–H groups in total. The quantitative estimate of drug-likeness (QED) is 0.738. The Morgan fingerprint density at radius 3 is 3.13 bits per heavy atom. The molecule has 0 saturated heterocycles. The number of aromatic nitrogens is 1. The molecular formula is C10H14N2O2S. The number of thioether (sulfide) groups is 1. The van der Waals surface area contributed by atoms with Crippen LogP contribution in [0.1, 0.15) is 5.56 Å². The van der Waals surface area contributed by atoms with E-state index in [-0.39, 0.29) is 12.5 Å². The van der Waals surface area contributed by atoms with Gasteiger partial charge in [-0.15, -0.1) is 11.8 Å². The number of aliphatic hydroxyl groups excluding tert-OH is 1. The van der Waals surface area contributed by atoms with E-state index in [9.17, 15) is 4.79 Å². The number of amides is 1. The topological polar surface area (TPSA) is 62.2 Å². The van der Waals surface area contributed by atoms with E-state index in [1.54, 1.807) is 12.4 Å². The standard InChI is InChI=1S/C10H14N2O2S/c13-5-4-12-10(14)8-15-7-9-2-1-3-11-6-9/h1-3,6,13H,4-5,7-8H2,(H,12,14). The first-order valence-corrected chi connectivity index (χ1v) is 5.82. The van der Waals surface area contributed by atoms with Gasteiger partial charge in [0.05, 0.1) is 12.4 Å². The fraction of sp³-hybridized carbons (Fsp3) is 0.400. The molecule has 15 heavy (non-hydrogen) atoms. The van der Waals surface area contributed by atoms with E-state index in [0.717, 1.165) is 11.3 Å². The van der Waals surface area contributed by atoms with Gasteiger partial charge in [-0.3, -0.25) is 9.78 Å². The van der Waals surface area contributed by atoms with Gasteiger partial charge in [0.25, 0.3) is 0 Å². The summed E-state index contributed by atoms with van der Waals surface area (Å²) in [5, 5.41) is 11.1. The number of nitrogens with one attached hydrogen (secondary N) is 1. The Labute approximate surface area is 93.1 Å². The highest BCUT2D eigenvalue weighted by molar-refractivity contribution is 7.99. The van der Waals surface area contributed by atoms with Crippen molar-refractivity contribution in [3.8, 4) is 0 Å². The van der Waals surface area contributed by atoms with Gasteiger partial charge in [-0.05, 0) is 11.6 Å². The Balaban J connectivity index is 2.14. The summed E-state index contributed by atoms with van der Waals surface area (Å²) in [7, 11) is 0. The van der Waals surface area contributed by atoms with Crippen molar-refractivity contribution in [2.75, 3.05) is 18.9 Å². The second-order valence-corrected chi connectivity index (χ2v) is 3.91. The minimum absolute atomic E-state index is 0.0149. The van der Waals surface area contributed by atoms with Crippen LogP contribution in [0.25, 0.3) is 0 Å². The third-order valence-electron chi connectivity index (χ3n) is 1.66. The molecule has 0 fully saturated rings. The molecule has 0 saturated carbocycles. The van der Waals surface area contributed by atoms with Crippen molar-refractivity contribution in [3.05, 3.63) is 30.1 Å². The van der Waals surface area contributed by atoms with Gasteiger partial charge in [-0.25, -0.2) is 0 Å². The number of aliphatic hydroxyl groups is 1. The van der Waals surface area contributed by atoms with Crippen molar-refractivity contribution < 1.29 is 9.90 Å². The number of hydrogen-bond acceptors (Lipinski definition) is 4. The van der Waals surface area contributed by atoms with Crippen LogP contribution in [0, 0.1) is 0 Å². The zero-order valence-corrected chi connectivity index (χ0v) is 9.17. The summed E-state index contributed by atoms with van der Waals surface area (Å²) in [6.45, 7) is 0.311. The van der Waals surface area contributed by atoms with Crippen molar-refractivity contribution in [2.24, 2.45) is 0 Å². The molecule has 0 aliphatic rings. The molecule has 82 valence electrons. The van der Waals surface area contributed by atoms with Crippen molar-refractivity contribution >= 4 is 17.7 Å². The Hall–Kier alpha value is -1.07. The molecule has 0 aliphatic carbocycles. The predicted octanol–water partition coefficient (Wildman–Crippen LogP) is 0.423. The van der Waals surface area contributed by atoms with E-state index in [4.69, 9.17) is 5.11 Å². The second kappa shape index (κ2) is 7.25. The lowest BCUT2D eigenvalue weighted by atomic mass is 10.3. The molecule has 1 rings (SSSR count). The predicted molar refractivity (Wildman–Crippen MR) is 60.5 cm³/mol. The molecule has 0 aliphatic heterocycles. The van der Waals surface area contributed by atoms with E-state index < -0.39 is 0 Å². The largest absolute Gasteiger partial charge is 0.395 e. The molecule has 0 unspecified atom stereocenters. The summed E-state index contributed by atoms with van der Waals surface area (Å²) in [6, 6.07) is 3.85. The number of pyridine rings is 1. The number of rotatable bonds is 6. The second-order valence-electron chi connectivity index (χ2n) is 2.93. The van der Waals surface area contributed by atoms with Gasteiger partial charge in [-0.2, -0.15) is 0 Å². The highest BCUT2D eigenvalue weighted by atomic mass is 32.2. The van der Waals surface area contributed by atoms with Crippen LogP contribution in [-0.2, 0) is 10.5 Å². The lowest BCUT2D eigenvalue weighted by molar-refractivity contribution is -0.118. The maximum atomic E-state index is 11.1. The van der Waals surface area contributed by atoms with Gasteiger partial charge in [-0.1, -0.05) is 6.07 Å². The van der Waals surface area contributed by atoms with Gasteiger partial charge in [0, 0.05) is 24.7 Å². The maximum absolute atomic E-state index is 11.1. The van der Waals surface area contributed by atoms with Crippen LogP contribution in [0.5, 0.6) is 0 Å². The van der Waals surface area contributed by atoms with Crippen LogP contribution in [0.2, 0.25) is 0 Å². The first-order valence-electron chi connectivity index (χ1n) is 4.67. The molecular weight excluding hydrogens is 212 g/mol. The van der Waals surface area contributed by atoms with Crippen molar-refractivity contribution in [3.63, 3.8) is 0 Å². The first kappa shape index (κ1) is 12.0. The van der Waals surface area contributed by atoms with Crippen LogP contribution in [0.3, 0.4) is 0 Å². The molecule has 0 radical (unpaired) electrons. The molecule has 0 spiro atoms. The van der Waals surface area contributed by atoms with Crippen LogP contribution in [-0.4, -0.2) is 34.9 Å². The number of nitrogens with zero attached hydrogens (tertiary/aromatic N) is 1. The smallest absolute Gasteiger partial charge is 0.230 e. The van der Waals surface area contributed by atoms with Crippen LogP contribution < -0.4 is 5.32 Å². The summed E-state index contributed by atoms with van der Waals surface area (Å²) in [4.78, 5) is 15.1. The molecule has 0 aromatic carbocycles. The number of hydrogen-bond donors (Lipinski definition) is 2. The van der Waals surface area contributed by atoms with Gasteiger partial charge >= 0.3 is 0 Å². The van der Waals surface area contributed by atoms with Gasteiger partial charge in [0.1, 0.15) is 0 Å². The van der Waals surface area contributed by atoms with Gasteiger partial charge in [0.2, 0.25) is 5.91 Å². The molecule has 0 atom stereocenters. The monoisotopic (exact) mass is 226 g/mol. The lowest BCUT2D eigenvalue weighted by Crippen LogP contribution is -2.27. The molecule has 1 aromatic rings. The van der Waals surface area contributed by atoms with Gasteiger partial charge in [0.15, 0.2) is 0 Å². The molecule has 4 nitrogen and oxygen atoms in total. The highest BCUT2D eigenvalue weighted by Crippen LogP contribution is 2.09. The third-order valence-corrected chi connectivity index (χ3v) is 2.66. The van der Waals surface area contributed by atoms with E-state index in [0.29, 0.717) is 12.3 Å². The fourth-order valence-corrected chi connectivity index (χ4v) is 1.79. The van der Waals surface area contributed by atoms with E-state index in [1.165, 1.54) is 11.8 Å². The lowest BCUT2D eigenvalue weighted by Gasteiger charge is -2.02. The zero-order valence-electron chi connectivity index (χ0n) is 8.35. The number of carbonyl (C=O) groups is 1. The fourth-order valence-electron chi connectivity index (χ4n) is 0.991. The van der Waals surface area contributed by atoms with Crippen LogP contribution in [0.4, 0.5) is 0 Å². The average molecular weight is 226 g/mol. The Bertz CT molecular complexity index is 293. The molecule has 1 heterocycles. The highest BCUT2D eigenvalue weighted by Gasteiger charge is 2.00. The summed E-state index contributed by atoms with van der Waals surface area (Å²) in [5.74, 6) is 1.15. The Morgan fingerprint density at radius 1 is 1.60 bits per heavy atom. The first-order chi connectivity index (χ1) is 7.33. The van der Waals surface area contributed by atoms with Crippen molar-refractivity contribution in [1.29, 1.82) is 0 Å². The van der Waals surface area contributed by atoms with E-state index >= 15 is 0 Å². The minimum Gasteiger partial charge on any atom is -0.395 e. The Morgan fingerprint density at radius 2 is 2.47 bits per heavy atom. The van der Waals surface area contributed by atoms with Crippen molar-refractivity contribution in [2.45, 2.75) is 5.75 Å². The number of carbonyl (C=O) groups excluding carboxylic acids is 1. The SMILES string of the molecule is O=C(CSCc1cccnc1)NCCO. The normalized spacial score (nSPS) is 9.93. The van der Waals surface area contributed by atoms with E-state index in [2.05, 4.69) is 10.3 Å². The summed E-state index contributed by atoms with van der Waals surface area (Å²) in [5.41, 5.74) is 1.11. The third kappa shape index (κ3) is 5.39. The summed E-state index contributed by atoms with van der Waals surface area (Å²) in [6.07, 6.45) is 3.51. The molecule has 0 bridgehead atoms.